The van der Waals surface area contributed by atoms with Gasteiger partial charge in [-0.05, 0) is 17.9 Å². The Hall–Kier alpha value is -0.480. The molecule has 0 bridgehead atoms. The van der Waals surface area contributed by atoms with Crippen LogP contribution in [0.15, 0.2) is 21.7 Å². The number of nitrogens with zero attached hydrogens (tertiary/aromatic N) is 2. The van der Waals surface area contributed by atoms with Crippen LogP contribution in [0.2, 0.25) is 0 Å². The lowest BCUT2D eigenvalue weighted by molar-refractivity contribution is 0.407. The summed E-state index contributed by atoms with van der Waals surface area (Å²) in [7, 11) is -6.74. The molecule has 0 amide bonds. The number of hydrogen-bond donors (Lipinski definition) is 0. The summed E-state index contributed by atoms with van der Waals surface area (Å²) in [6.07, 6.45) is 1.66. The minimum absolute atomic E-state index is 0.202. The fraction of sp³-hybridized carbons (Fsp3) is 0.600. The lowest BCUT2D eigenvalue weighted by Crippen LogP contribution is -2.36. The van der Waals surface area contributed by atoms with Gasteiger partial charge in [-0.25, -0.2) is 21.1 Å². The van der Waals surface area contributed by atoms with Crippen LogP contribution in [0.5, 0.6) is 0 Å². The van der Waals surface area contributed by atoms with Crippen LogP contribution < -0.4 is 0 Å². The molecule has 1 aliphatic heterocycles. The van der Waals surface area contributed by atoms with E-state index in [4.69, 9.17) is 0 Å². The smallest absolute Gasteiger partial charge is 0.213 e. The van der Waals surface area contributed by atoms with Crippen molar-refractivity contribution in [2.75, 3.05) is 32.4 Å². The molecule has 0 radical (unpaired) electrons. The monoisotopic (exact) mass is 324 g/mol. The van der Waals surface area contributed by atoms with E-state index in [9.17, 15) is 16.8 Å². The van der Waals surface area contributed by atoms with Crippen LogP contribution in [0, 0.1) is 0 Å². The molecular formula is C10H16N2O4S3. The summed E-state index contributed by atoms with van der Waals surface area (Å²) in [6, 6.07) is 3.26. The summed E-state index contributed by atoms with van der Waals surface area (Å²) < 4.78 is 50.6. The summed E-state index contributed by atoms with van der Waals surface area (Å²) in [4.78, 5) is 0. The number of rotatable bonds is 3. The van der Waals surface area contributed by atoms with Crippen molar-refractivity contribution in [2.24, 2.45) is 0 Å². The first-order chi connectivity index (χ1) is 8.82. The zero-order valence-corrected chi connectivity index (χ0v) is 13.0. The molecule has 0 aliphatic carbocycles. The molecule has 9 heteroatoms. The van der Waals surface area contributed by atoms with E-state index < -0.39 is 20.0 Å². The molecule has 2 heterocycles. The SMILES string of the molecule is CS(=O)(=O)N1CCCN(S(=O)(=O)c2cccs2)CC1. The molecule has 1 aromatic rings. The van der Waals surface area contributed by atoms with Crippen molar-refractivity contribution >= 4 is 31.4 Å². The highest BCUT2D eigenvalue weighted by Gasteiger charge is 2.29. The summed E-state index contributed by atoms with van der Waals surface area (Å²) >= 11 is 1.18. The van der Waals surface area contributed by atoms with Gasteiger partial charge in [0.2, 0.25) is 10.0 Å². The Kier molecular flexibility index (Phi) is 4.31. The standard InChI is InChI=1S/C10H16N2O4S3/c1-18(13,14)11-5-3-6-12(8-7-11)19(15,16)10-4-2-9-17-10/h2,4,9H,3,5-8H2,1H3. The molecule has 6 nitrogen and oxygen atoms in total. The quantitative estimate of drug-likeness (QED) is 0.807. The first-order valence-corrected chi connectivity index (χ1v) is 9.97. The molecule has 2 rings (SSSR count). The van der Waals surface area contributed by atoms with Crippen LogP contribution in [0.25, 0.3) is 0 Å². The molecule has 0 atom stereocenters. The maximum absolute atomic E-state index is 12.3. The Balaban J connectivity index is 2.16. The van der Waals surface area contributed by atoms with E-state index in [-0.39, 0.29) is 13.1 Å². The van der Waals surface area contributed by atoms with Gasteiger partial charge >= 0.3 is 0 Å². The van der Waals surface area contributed by atoms with Gasteiger partial charge in [-0.15, -0.1) is 11.3 Å². The van der Waals surface area contributed by atoms with Crippen molar-refractivity contribution in [3.63, 3.8) is 0 Å². The lowest BCUT2D eigenvalue weighted by atomic mass is 10.4. The zero-order valence-electron chi connectivity index (χ0n) is 10.5. The molecule has 1 fully saturated rings. The lowest BCUT2D eigenvalue weighted by Gasteiger charge is -2.19. The van der Waals surface area contributed by atoms with Crippen LogP contribution in [0.3, 0.4) is 0 Å². The van der Waals surface area contributed by atoms with E-state index in [2.05, 4.69) is 0 Å². The normalized spacial score (nSPS) is 20.3. The first-order valence-electron chi connectivity index (χ1n) is 5.80. The average Bonchev–Trinajstić information content (AvgIpc) is 2.71. The topological polar surface area (TPSA) is 74.8 Å². The Labute approximate surface area is 117 Å². The molecular weight excluding hydrogens is 308 g/mol. The number of thiophene rings is 1. The van der Waals surface area contributed by atoms with Gasteiger partial charge in [-0.3, -0.25) is 0 Å². The van der Waals surface area contributed by atoms with E-state index in [1.807, 2.05) is 0 Å². The largest absolute Gasteiger partial charge is 0.252 e. The van der Waals surface area contributed by atoms with Crippen molar-refractivity contribution in [3.8, 4) is 0 Å². The molecule has 0 aromatic carbocycles. The highest BCUT2D eigenvalue weighted by Crippen LogP contribution is 2.22. The third-order valence-electron chi connectivity index (χ3n) is 2.97. The van der Waals surface area contributed by atoms with E-state index in [0.29, 0.717) is 23.7 Å². The molecule has 1 aliphatic rings. The molecule has 19 heavy (non-hydrogen) atoms. The van der Waals surface area contributed by atoms with Crippen LogP contribution in [-0.2, 0) is 20.0 Å². The van der Waals surface area contributed by atoms with Gasteiger partial charge in [0.15, 0.2) is 0 Å². The summed E-state index contributed by atoms with van der Waals surface area (Å²) in [5.74, 6) is 0. The number of sulfonamides is 2. The second kappa shape index (κ2) is 5.49. The second-order valence-electron chi connectivity index (χ2n) is 4.35. The van der Waals surface area contributed by atoms with E-state index >= 15 is 0 Å². The Bertz CT molecular complexity index is 622. The van der Waals surface area contributed by atoms with Crippen molar-refractivity contribution in [1.82, 2.24) is 8.61 Å². The van der Waals surface area contributed by atoms with Gasteiger partial charge in [0.25, 0.3) is 10.0 Å². The third-order valence-corrected chi connectivity index (χ3v) is 7.55. The predicted molar refractivity (Wildman–Crippen MR) is 74.1 cm³/mol. The Morgan fingerprint density at radius 3 is 2.26 bits per heavy atom. The van der Waals surface area contributed by atoms with Crippen molar-refractivity contribution in [2.45, 2.75) is 10.6 Å². The molecule has 0 saturated carbocycles. The molecule has 1 saturated heterocycles. The fourth-order valence-corrected chi connectivity index (χ4v) is 5.47. The van der Waals surface area contributed by atoms with Crippen molar-refractivity contribution < 1.29 is 16.8 Å². The second-order valence-corrected chi connectivity index (χ2v) is 9.45. The van der Waals surface area contributed by atoms with Gasteiger partial charge in [0, 0.05) is 26.2 Å². The minimum Gasteiger partial charge on any atom is -0.213 e. The predicted octanol–water partition coefficient (Wildman–Crippen LogP) is 0.404. The zero-order chi connectivity index (χ0) is 14.1. The molecule has 108 valence electrons. The highest BCUT2D eigenvalue weighted by molar-refractivity contribution is 7.91. The van der Waals surface area contributed by atoms with E-state index in [0.717, 1.165) is 6.26 Å². The highest BCUT2D eigenvalue weighted by atomic mass is 32.2. The van der Waals surface area contributed by atoms with Crippen LogP contribution >= 0.6 is 11.3 Å². The summed E-state index contributed by atoms with van der Waals surface area (Å²) in [6.45, 7) is 1.14. The molecule has 0 unspecified atom stereocenters. The van der Waals surface area contributed by atoms with E-state index in [1.165, 1.54) is 19.9 Å². The van der Waals surface area contributed by atoms with Gasteiger partial charge in [0.05, 0.1) is 6.26 Å². The fourth-order valence-electron chi connectivity index (χ4n) is 1.98. The third kappa shape index (κ3) is 3.34. The molecule has 1 aromatic heterocycles. The van der Waals surface area contributed by atoms with Gasteiger partial charge < -0.3 is 0 Å². The minimum atomic E-state index is -3.48. The van der Waals surface area contributed by atoms with Crippen LogP contribution in [0.4, 0.5) is 0 Å². The summed E-state index contributed by atoms with van der Waals surface area (Å²) in [5.41, 5.74) is 0. The summed E-state index contributed by atoms with van der Waals surface area (Å²) in [5, 5.41) is 1.72. The van der Waals surface area contributed by atoms with Crippen molar-refractivity contribution in [3.05, 3.63) is 17.5 Å². The molecule has 0 spiro atoms. The maximum atomic E-state index is 12.3. The maximum Gasteiger partial charge on any atom is 0.252 e. The van der Waals surface area contributed by atoms with Crippen molar-refractivity contribution in [1.29, 1.82) is 0 Å². The molecule has 0 N–H and O–H groups in total. The first kappa shape index (κ1) is 14.9. The van der Waals surface area contributed by atoms with Crippen LogP contribution in [-0.4, -0.2) is 57.9 Å². The number of hydrogen-bond acceptors (Lipinski definition) is 5. The Morgan fingerprint density at radius 1 is 1.05 bits per heavy atom. The Morgan fingerprint density at radius 2 is 1.68 bits per heavy atom. The van der Waals surface area contributed by atoms with E-state index in [1.54, 1.807) is 17.5 Å². The van der Waals surface area contributed by atoms with Gasteiger partial charge in [0.1, 0.15) is 4.21 Å². The average molecular weight is 324 g/mol. The van der Waals surface area contributed by atoms with Crippen LogP contribution in [0.1, 0.15) is 6.42 Å². The van der Waals surface area contributed by atoms with Gasteiger partial charge in [-0.1, -0.05) is 6.07 Å². The van der Waals surface area contributed by atoms with Gasteiger partial charge in [-0.2, -0.15) is 4.31 Å².